The number of hydrogen-bond donors (Lipinski definition) is 1. The van der Waals surface area contributed by atoms with Crippen LogP contribution in [-0.4, -0.2) is 26.6 Å². The van der Waals surface area contributed by atoms with Gasteiger partial charge in [-0.25, -0.2) is 9.97 Å². The predicted octanol–water partition coefficient (Wildman–Crippen LogP) is 4.60. The van der Waals surface area contributed by atoms with E-state index in [9.17, 15) is 18.0 Å². The van der Waals surface area contributed by atoms with Crippen molar-refractivity contribution in [3.8, 4) is 11.4 Å². The third-order valence-electron chi connectivity index (χ3n) is 3.60. The molecular formula is C19H15F3N4OS. The Morgan fingerprint density at radius 3 is 2.54 bits per heavy atom. The Balaban J connectivity index is 1.70. The maximum Gasteiger partial charge on any atom is 0.418 e. The molecule has 1 aromatic carbocycles. The van der Waals surface area contributed by atoms with E-state index in [2.05, 4.69) is 20.3 Å². The third-order valence-corrected chi connectivity index (χ3v) is 4.51. The van der Waals surface area contributed by atoms with E-state index in [0.717, 1.165) is 17.8 Å². The third kappa shape index (κ3) is 5.07. The van der Waals surface area contributed by atoms with Crippen LogP contribution in [0.5, 0.6) is 0 Å². The highest BCUT2D eigenvalue weighted by Crippen LogP contribution is 2.34. The topological polar surface area (TPSA) is 67.8 Å². The van der Waals surface area contributed by atoms with E-state index in [1.54, 1.807) is 31.3 Å². The number of para-hydroxylation sites is 1. The Morgan fingerprint density at radius 2 is 1.82 bits per heavy atom. The first-order chi connectivity index (χ1) is 13.3. The average molecular weight is 404 g/mol. The Hall–Kier alpha value is -2.94. The molecule has 3 rings (SSSR count). The van der Waals surface area contributed by atoms with E-state index in [-0.39, 0.29) is 11.4 Å². The lowest BCUT2D eigenvalue weighted by molar-refractivity contribution is -0.137. The number of rotatable bonds is 5. The molecule has 2 heterocycles. The molecular weight excluding hydrogens is 389 g/mol. The Morgan fingerprint density at radius 1 is 1.07 bits per heavy atom. The van der Waals surface area contributed by atoms with Crippen molar-refractivity contribution < 1.29 is 18.0 Å². The van der Waals surface area contributed by atoms with Crippen LogP contribution in [0.25, 0.3) is 11.4 Å². The number of alkyl halides is 3. The highest BCUT2D eigenvalue weighted by molar-refractivity contribution is 7.99. The van der Waals surface area contributed by atoms with E-state index in [1.807, 2.05) is 6.07 Å². The highest BCUT2D eigenvalue weighted by Gasteiger charge is 2.33. The number of aryl methyl sites for hydroxylation is 1. The predicted molar refractivity (Wildman–Crippen MR) is 101 cm³/mol. The van der Waals surface area contributed by atoms with E-state index < -0.39 is 17.6 Å². The molecule has 0 fully saturated rings. The van der Waals surface area contributed by atoms with Crippen LogP contribution in [0.2, 0.25) is 0 Å². The molecule has 0 unspecified atom stereocenters. The van der Waals surface area contributed by atoms with Crippen molar-refractivity contribution in [1.82, 2.24) is 15.0 Å². The van der Waals surface area contributed by atoms with E-state index >= 15 is 0 Å². The second-order valence-electron chi connectivity index (χ2n) is 5.73. The van der Waals surface area contributed by atoms with Crippen LogP contribution in [0.4, 0.5) is 18.9 Å². The SMILES string of the molecule is Cc1nc(SCC(=O)Nc2ccccc2C(F)(F)F)cc(-c2ccccn2)n1. The van der Waals surface area contributed by atoms with Gasteiger partial charge in [0.15, 0.2) is 0 Å². The van der Waals surface area contributed by atoms with Crippen LogP contribution >= 0.6 is 11.8 Å². The van der Waals surface area contributed by atoms with Crippen molar-refractivity contribution in [2.45, 2.75) is 18.1 Å². The van der Waals surface area contributed by atoms with E-state index in [0.29, 0.717) is 22.2 Å². The molecule has 28 heavy (non-hydrogen) atoms. The van der Waals surface area contributed by atoms with Gasteiger partial charge in [-0.15, -0.1) is 0 Å². The minimum Gasteiger partial charge on any atom is -0.325 e. The van der Waals surface area contributed by atoms with Gasteiger partial charge < -0.3 is 5.32 Å². The van der Waals surface area contributed by atoms with E-state index in [1.165, 1.54) is 18.2 Å². The molecule has 0 atom stereocenters. The minimum absolute atomic E-state index is 0.0930. The summed E-state index contributed by atoms with van der Waals surface area (Å²) in [6.07, 6.45) is -2.90. The van der Waals surface area contributed by atoms with Gasteiger partial charge in [0, 0.05) is 6.20 Å². The number of aromatic nitrogens is 3. The second kappa shape index (κ2) is 8.39. The summed E-state index contributed by atoms with van der Waals surface area (Å²) in [5, 5.41) is 2.85. The Bertz CT molecular complexity index is 980. The first-order valence-corrected chi connectivity index (χ1v) is 9.17. The molecule has 0 aliphatic rings. The van der Waals surface area contributed by atoms with Crippen molar-refractivity contribution in [3.63, 3.8) is 0 Å². The van der Waals surface area contributed by atoms with Gasteiger partial charge in [-0.1, -0.05) is 30.0 Å². The monoisotopic (exact) mass is 404 g/mol. The van der Waals surface area contributed by atoms with Gasteiger partial charge in [0.2, 0.25) is 5.91 Å². The number of nitrogens with zero attached hydrogens (tertiary/aromatic N) is 3. The van der Waals surface area contributed by atoms with Gasteiger partial charge in [0.1, 0.15) is 10.9 Å². The summed E-state index contributed by atoms with van der Waals surface area (Å²) in [6, 6.07) is 12.0. The number of carbonyl (C=O) groups is 1. The zero-order chi connectivity index (χ0) is 20.1. The molecule has 0 aliphatic carbocycles. The first kappa shape index (κ1) is 19.8. The number of anilines is 1. The lowest BCUT2D eigenvalue weighted by Crippen LogP contribution is -2.18. The Labute approximate surface area is 163 Å². The highest BCUT2D eigenvalue weighted by atomic mass is 32.2. The molecule has 0 radical (unpaired) electrons. The van der Waals surface area contributed by atoms with Gasteiger partial charge in [-0.3, -0.25) is 9.78 Å². The van der Waals surface area contributed by atoms with Crippen molar-refractivity contribution in [1.29, 1.82) is 0 Å². The molecule has 9 heteroatoms. The van der Waals surface area contributed by atoms with Crippen LogP contribution in [0, 0.1) is 6.92 Å². The van der Waals surface area contributed by atoms with Crippen molar-refractivity contribution in [2.75, 3.05) is 11.1 Å². The summed E-state index contributed by atoms with van der Waals surface area (Å²) >= 11 is 1.11. The molecule has 1 N–H and O–H groups in total. The fraction of sp³-hybridized carbons (Fsp3) is 0.158. The maximum absolute atomic E-state index is 13.0. The number of amides is 1. The molecule has 2 aromatic heterocycles. The molecule has 0 spiro atoms. The summed E-state index contributed by atoms with van der Waals surface area (Å²) in [5.41, 5.74) is 0.120. The largest absolute Gasteiger partial charge is 0.418 e. The van der Waals surface area contributed by atoms with Gasteiger partial charge in [0.05, 0.1) is 28.4 Å². The smallest absolute Gasteiger partial charge is 0.325 e. The lowest BCUT2D eigenvalue weighted by Gasteiger charge is -2.13. The van der Waals surface area contributed by atoms with Crippen LogP contribution < -0.4 is 5.32 Å². The summed E-state index contributed by atoms with van der Waals surface area (Å²) in [7, 11) is 0. The fourth-order valence-electron chi connectivity index (χ4n) is 2.42. The lowest BCUT2D eigenvalue weighted by atomic mass is 10.1. The number of nitrogens with one attached hydrogen (secondary N) is 1. The molecule has 3 aromatic rings. The number of benzene rings is 1. The molecule has 0 aliphatic heterocycles. The second-order valence-corrected chi connectivity index (χ2v) is 6.73. The average Bonchev–Trinajstić information content (AvgIpc) is 2.66. The van der Waals surface area contributed by atoms with Gasteiger partial charge in [-0.05, 0) is 37.3 Å². The van der Waals surface area contributed by atoms with Crippen LogP contribution in [-0.2, 0) is 11.0 Å². The van der Waals surface area contributed by atoms with Gasteiger partial charge in [-0.2, -0.15) is 13.2 Å². The van der Waals surface area contributed by atoms with Gasteiger partial charge >= 0.3 is 6.18 Å². The van der Waals surface area contributed by atoms with Gasteiger partial charge in [0.25, 0.3) is 0 Å². The van der Waals surface area contributed by atoms with Crippen molar-refractivity contribution >= 4 is 23.4 Å². The number of hydrogen-bond acceptors (Lipinski definition) is 5. The summed E-state index contributed by atoms with van der Waals surface area (Å²) < 4.78 is 39.1. The number of halogens is 3. The molecule has 0 bridgehead atoms. The molecule has 1 amide bonds. The van der Waals surface area contributed by atoms with Crippen molar-refractivity contribution in [2.24, 2.45) is 0 Å². The molecule has 0 saturated heterocycles. The maximum atomic E-state index is 13.0. The van der Waals surface area contributed by atoms with E-state index in [4.69, 9.17) is 0 Å². The van der Waals surface area contributed by atoms with Crippen molar-refractivity contribution in [3.05, 3.63) is 66.1 Å². The zero-order valence-corrected chi connectivity index (χ0v) is 15.5. The minimum atomic E-state index is -4.54. The normalized spacial score (nSPS) is 11.3. The Kier molecular flexibility index (Phi) is 5.93. The summed E-state index contributed by atoms with van der Waals surface area (Å²) in [5.74, 6) is -0.143. The quantitative estimate of drug-likeness (QED) is 0.497. The van der Waals surface area contributed by atoms with Crippen LogP contribution in [0.15, 0.2) is 59.8 Å². The first-order valence-electron chi connectivity index (χ1n) is 8.19. The van der Waals surface area contributed by atoms with Crippen LogP contribution in [0.1, 0.15) is 11.4 Å². The number of thioether (sulfide) groups is 1. The summed E-state index contributed by atoms with van der Waals surface area (Å²) in [4.78, 5) is 25.0. The molecule has 0 saturated carbocycles. The number of pyridine rings is 1. The summed E-state index contributed by atoms with van der Waals surface area (Å²) in [6.45, 7) is 1.72. The molecule has 5 nitrogen and oxygen atoms in total. The zero-order valence-electron chi connectivity index (χ0n) is 14.7. The standard InChI is InChI=1S/C19H15F3N4OS/c1-12-24-16(15-8-4-5-9-23-15)10-18(25-12)28-11-17(27)26-14-7-3-2-6-13(14)19(20,21)22/h2-10H,11H2,1H3,(H,26,27). The molecule has 144 valence electrons. The van der Waals surface area contributed by atoms with Crippen LogP contribution in [0.3, 0.4) is 0 Å². The number of carbonyl (C=O) groups excluding carboxylic acids is 1. The fourth-order valence-corrected chi connectivity index (χ4v) is 3.17.